The van der Waals surface area contributed by atoms with Crippen molar-refractivity contribution in [3.8, 4) is 11.8 Å². The van der Waals surface area contributed by atoms with Gasteiger partial charge in [0, 0.05) is 25.4 Å². The molecule has 0 saturated heterocycles. The molecule has 0 saturated carbocycles. The minimum atomic E-state index is 0.583. The van der Waals surface area contributed by atoms with Gasteiger partial charge < -0.3 is 9.30 Å². The monoisotopic (exact) mass is 303 g/mol. The van der Waals surface area contributed by atoms with Gasteiger partial charge in [-0.2, -0.15) is 5.26 Å². The van der Waals surface area contributed by atoms with Crippen LogP contribution in [0.25, 0.3) is 0 Å². The van der Waals surface area contributed by atoms with Crippen molar-refractivity contribution in [1.29, 1.82) is 5.26 Å². The molecule has 0 amide bonds. The Morgan fingerprint density at radius 3 is 2.78 bits per heavy atom. The highest BCUT2D eigenvalue weighted by Gasteiger charge is 2.05. The Morgan fingerprint density at radius 1 is 1.09 bits per heavy atom. The lowest BCUT2D eigenvalue weighted by Gasteiger charge is -2.09. The summed E-state index contributed by atoms with van der Waals surface area (Å²) < 4.78 is 7.81. The zero-order valence-corrected chi connectivity index (χ0v) is 12.7. The second kappa shape index (κ2) is 7.28. The second-order valence-corrected chi connectivity index (χ2v) is 5.20. The molecule has 3 aromatic rings. The van der Waals surface area contributed by atoms with Crippen molar-refractivity contribution in [1.82, 2.24) is 9.55 Å². The first-order valence-electron chi connectivity index (χ1n) is 7.52. The molecule has 1 heterocycles. The van der Waals surface area contributed by atoms with E-state index in [9.17, 15) is 0 Å². The average molecular weight is 303 g/mol. The van der Waals surface area contributed by atoms with Crippen LogP contribution in [0.15, 0.2) is 67.0 Å². The molecule has 0 bridgehead atoms. The molecule has 1 aromatic heterocycles. The number of aromatic nitrogens is 2. The fraction of sp³-hybridized carbons (Fsp3) is 0.158. The molecule has 114 valence electrons. The van der Waals surface area contributed by atoms with Crippen molar-refractivity contribution < 1.29 is 4.74 Å². The van der Waals surface area contributed by atoms with E-state index in [4.69, 9.17) is 10.00 Å². The SMILES string of the molecule is N#Cc1cccc(Cn2ccnc2CCOc2ccccc2)c1. The molecule has 0 N–H and O–H groups in total. The fourth-order valence-corrected chi connectivity index (χ4v) is 2.42. The van der Waals surface area contributed by atoms with E-state index in [1.807, 2.05) is 60.8 Å². The predicted molar refractivity (Wildman–Crippen MR) is 88.1 cm³/mol. The van der Waals surface area contributed by atoms with E-state index in [0.29, 0.717) is 18.7 Å². The molecule has 0 atom stereocenters. The van der Waals surface area contributed by atoms with Gasteiger partial charge in [0.25, 0.3) is 0 Å². The van der Waals surface area contributed by atoms with Gasteiger partial charge in [-0.3, -0.25) is 0 Å². The highest BCUT2D eigenvalue weighted by atomic mass is 16.5. The largest absolute Gasteiger partial charge is 0.493 e. The van der Waals surface area contributed by atoms with E-state index in [0.717, 1.165) is 23.6 Å². The molecule has 0 fully saturated rings. The molecule has 2 aromatic carbocycles. The van der Waals surface area contributed by atoms with Gasteiger partial charge in [-0.05, 0) is 29.8 Å². The van der Waals surface area contributed by atoms with Crippen LogP contribution in [0.4, 0.5) is 0 Å². The Kier molecular flexibility index (Phi) is 4.70. The predicted octanol–water partition coefficient (Wildman–Crippen LogP) is 3.42. The van der Waals surface area contributed by atoms with Gasteiger partial charge in [0.2, 0.25) is 0 Å². The van der Waals surface area contributed by atoms with E-state index < -0.39 is 0 Å². The Bertz CT molecular complexity index is 803. The van der Waals surface area contributed by atoms with E-state index in [-0.39, 0.29) is 0 Å². The number of rotatable bonds is 6. The normalized spacial score (nSPS) is 10.2. The Hall–Kier alpha value is -3.06. The molecule has 3 rings (SSSR count). The number of imidazole rings is 1. The summed E-state index contributed by atoms with van der Waals surface area (Å²) in [5.41, 5.74) is 1.77. The molecule has 4 nitrogen and oxygen atoms in total. The summed E-state index contributed by atoms with van der Waals surface area (Å²) >= 11 is 0. The molecular formula is C19H17N3O. The smallest absolute Gasteiger partial charge is 0.119 e. The van der Waals surface area contributed by atoms with E-state index in [1.165, 1.54) is 0 Å². The van der Waals surface area contributed by atoms with Crippen molar-refractivity contribution in [3.63, 3.8) is 0 Å². The zero-order chi connectivity index (χ0) is 15.9. The van der Waals surface area contributed by atoms with Gasteiger partial charge in [-0.15, -0.1) is 0 Å². The van der Waals surface area contributed by atoms with Crippen LogP contribution >= 0.6 is 0 Å². The van der Waals surface area contributed by atoms with Crippen LogP contribution < -0.4 is 4.74 Å². The van der Waals surface area contributed by atoms with Gasteiger partial charge in [-0.1, -0.05) is 30.3 Å². The lowest BCUT2D eigenvalue weighted by molar-refractivity contribution is 0.317. The van der Waals surface area contributed by atoms with Crippen LogP contribution in [0.1, 0.15) is 17.0 Å². The van der Waals surface area contributed by atoms with Gasteiger partial charge in [0.1, 0.15) is 11.6 Å². The van der Waals surface area contributed by atoms with Crippen LogP contribution in [-0.2, 0) is 13.0 Å². The Labute approximate surface area is 135 Å². The molecule has 0 spiro atoms. The minimum absolute atomic E-state index is 0.583. The molecule has 23 heavy (non-hydrogen) atoms. The highest BCUT2D eigenvalue weighted by Crippen LogP contribution is 2.11. The third-order valence-corrected chi connectivity index (χ3v) is 3.55. The number of nitrogens with zero attached hydrogens (tertiary/aromatic N) is 3. The summed E-state index contributed by atoms with van der Waals surface area (Å²) in [5, 5.41) is 8.98. The minimum Gasteiger partial charge on any atom is -0.493 e. The first-order chi connectivity index (χ1) is 11.3. The number of hydrogen-bond donors (Lipinski definition) is 0. The van der Waals surface area contributed by atoms with E-state index in [2.05, 4.69) is 15.6 Å². The van der Waals surface area contributed by atoms with Crippen molar-refractivity contribution >= 4 is 0 Å². The zero-order valence-electron chi connectivity index (χ0n) is 12.7. The molecule has 0 aliphatic carbocycles. The van der Waals surface area contributed by atoms with Crippen LogP contribution in [-0.4, -0.2) is 16.2 Å². The summed E-state index contributed by atoms with van der Waals surface area (Å²) in [6, 6.07) is 19.6. The summed E-state index contributed by atoms with van der Waals surface area (Å²) in [5.74, 6) is 1.84. The van der Waals surface area contributed by atoms with Crippen LogP contribution in [0, 0.1) is 11.3 Å². The van der Waals surface area contributed by atoms with E-state index in [1.54, 1.807) is 6.20 Å². The van der Waals surface area contributed by atoms with Gasteiger partial charge in [0.05, 0.1) is 18.2 Å². The third-order valence-electron chi connectivity index (χ3n) is 3.55. The summed E-state index contributed by atoms with van der Waals surface area (Å²) in [7, 11) is 0. The Balaban J connectivity index is 1.62. The highest BCUT2D eigenvalue weighted by molar-refractivity contribution is 5.33. The number of ether oxygens (including phenoxy) is 1. The van der Waals surface area contributed by atoms with Crippen LogP contribution in [0.3, 0.4) is 0 Å². The maximum atomic E-state index is 8.98. The quantitative estimate of drug-likeness (QED) is 0.701. The number of benzene rings is 2. The van der Waals surface area contributed by atoms with Gasteiger partial charge >= 0.3 is 0 Å². The van der Waals surface area contributed by atoms with Crippen molar-refractivity contribution in [2.24, 2.45) is 0 Å². The Morgan fingerprint density at radius 2 is 1.96 bits per heavy atom. The maximum Gasteiger partial charge on any atom is 0.119 e. The number of hydrogen-bond acceptors (Lipinski definition) is 3. The maximum absolute atomic E-state index is 8.98. The van der Waals surface area contributed by atoms with Crippen molar-refractivity contribution in [2.75, 3.05) is 6.61 Å². The summed E-state index contributed by atoms with van der Waals surface area (Å²) in [4.78, 5) is 4.40. The average Bonchev–Trinajstić information content (AvgIpc) is 3.03. The number of nitriles is 1. The lowest BCUT2D eigenvalue weighted by atomic mass is 10.1. The van der Waals surface area contributed by atoms with Crippen LogP contribution in [0.5, 0.6) is 5.75 Å². The topological polar surface area (TPSA) is 50.8 Å². The molecule has 4 heteroatoms. The van der Waals surface area contributed by atoms with Gasteiger partial charge in [0.15, 0.2) is 0 Å². The number of para-hydroxylation sites is 1. The van der Waals surface area contributed by atoms with Crippen molar-refractivity contribution in [2.45, 2.75) is 13.0 Å². The fourth-order valence-electron chi connectivity index (χ4n) is 2.42. The second-order valence-electron chi connectivity index (χ2n) is 5.20. The van der Waals surface area contributed by atoms with Gasteiger partial charge in [-0.25, -0.2) is 4.98 Å². The molecule has 0 radical (unpaired) electrons. The molecular weight excluding hydrogens is 286 g/mol. The third kappa shape index (κ3) is 3.98. The standard InChI is InChI=1S/C19H17N3O/c20-14-16-5-4-6-17(13-16)15-22-11-10-21-19(22)9-12-23-18-7-2-1-3-8-18/h1-8,10-11,13H,9,12,15H2. The summed E-state index contributed by atoms with van der Waals surface area (Å²) in [6.45, 7) is 1.29. The van der Waals surface area contributed by atoms with Crippen LogP contribution in [0.2, 0.25) is 0 Å². The summed E-state index contributed by atoms with van der Waals surface area (Å²) in [6.07, 6.45) is 4.49. The molecule has 0 aliphatic heterocycles. The lowest BCUT2D eigenvalue weighted by Crippen LogP contribution is -2.09. The first-order valence-corrected chi connectivity index (χ1v) is 7.52. The first kappa shape index (κ1) is 14.9. The molecule has 0 unspecified atom stereocenters. The van der Waals surface area contributed by atoms with Crippen molar-refractivity contribution in [3.05, 3.63) is 83.9 Å². The molecule has 0 aliphatic rings. The van der Waals surface area contributed by atoms with E-state index >= 15 is 0 Å².